The first-order valence-corrected chi connectivity index (χ1v) is 3.25. The molecule has 0 aromatic carbocycles. The fraction of sp³-hybridized carbons (Fsp3) is 0.125. The predicted octanol–water partition coefficient (Wildman–Crippen LogP) is 1.64. The molecule has 0 fully saturated rings. The van der Waals surface area contributed by atoms with Crippen molar-refractivity contribution in [3.05, 3.63) is 36.4 Å². The summed E-state index contributed by atoms with van der Waals surface area (Å²) in [7, 11) is 0. The van der Waals surface area contributed by atoms with Gasteiger partial charge in [0.1, 0.15) is 0 Å². The third-order valence-corrected chi connectivity index (χ3v) is 1.66. The van der Waals surface area contributed by atoms with Crippen LogP contribution in [-0.2, 0) is 0 Å². The van der Waals surface area contributed by atoms with Gasteiger partial charge in [-0.25, -0.2) is 0 Å². The maximum Gasteiger partial charge on any atom is 0.0636 e. The highest BCUT2D eigenvalue weighted by molar-refractivity contribution is 5.46. The van der Waals surface area contributed by atoms with Crippen LogP contribution in [0.15, 0.2) is 30.7 Å². The SMILES string of the molecule is Cc1ccc2cnccn12. The molecule has 0 aliphatic carbocycles. The Bertz CT molecular complexity index is 349. The van der Waals surface area contributed by atoms with Crippen molar-refractivity contribution in [2.45, 2.75) is 6.92 Å². The first-order valence-electron chi connectivity index (χ1n) is 3.25. The van der Waals surface area contributed by atoms with E-state index in [9.17, 15) is 0 Å². The van der Waals surface area contributed by atoms with Crippen molar-refractivity contribution in [2.24, 2.45) is 0 Å². The zero-order chi connectivity index (χ0) is 6.97. The molecule has 2 aromatic rings. The van der Waals surface area contributed by atoms with Gasteiger partial charge >= 0.3 is 0 Å². The van der Waals surface area contributed by atoms with Crippen LogP contribution in [0.2, 0.25) is 0 Å². The van der Waals surface area contributed by atoms with Crippen molar-refractivity contribution in [1.29, 1.82) is 0 Å². The fourth-order valence-corrected chi connectivity index (χ4v) is 1.10. The van der Waals surface area contributed by atoms with E-state index in [2.05, 4.69) is 28.4 Å². The monoisotopic (exact) mass is 132 g/mol. The van der Waals surface area contributed by atoms with Crippen molar-refractivity contribution in [1.82, 2.24) is 9.38 Å². The number of rotatable bonds is 0. The minimum absolute atomic E-state index is 1.15. The zero-order valence-corrected chi connectivity index (χ0v) is 5.78. The van der Waals surface area contributed by atoms with Crippen LogP contribution in [0.3, 0.4) is 0 Å². The first kappa shape index (κ1) is 5.47. The van der Waals surface area contributed by atoms with E-state index in [1.54, 1.807) is 6.20 Å². The van der Waals surface area contributed by atoms with Gasteiger partial charge < -0.3 is 4.40 Å². The number of hydrogen-bond acceptors (Lipinski definition) is 1. The summed E-state index contributed by atoms with van der Waals surface area (Å²) in [6.07, 6.45) is 5.61. The van der Waals surface area contributed by atoms with Gasteiger partial charge in [0.25, 0.3) is 0 Å². The molecule has 2 rings (SSSR count). The summed E-state index contributed by atoms with van der Waals surface area (Å²) in [4.78, 5) is 4.01. The van der Waals surface area contributed by atoms with Crippen LogP contribution in [0.4, 0.5) is 0 Å². The van der Waals surface area contributed by atoms with Crippen LogP contribution < -0.4 is 0 Å². The van der Waals surface area contributed by atoms with E-state index in [-0.39, 0.29) is 0 Å². The molecule has 0 aliphatic rings. The summed E-state index contributed by atoms with van der Waals surface area (Å²) < 4.78 is 2.10. The largest absolute Gasteiger partial charge is 0.318 e. The maximum absolute atomic E-state index is 4.01. The Kier molecular flexibility index (Phi) is 1.01. The van der Waals surface area contributed by atoms with Gasteiger partial charge in [0.05, 0.1) is 11.7 Å². The van der Waals surface area contributed by atoms with E-state index >= 15 is 0 Å². The average molecular weight is 132 g/mol. The molecule has 10 heavy (non-hydrogen) atoms. The molecular weight excluding hydrogens is 124 g/mol. The fourth-order valence-electron chi connectivity index (χ4n) is 1.10. The van der Waals surface area contributed by atoms with Crippen LogP contribution in [0.1, 0.15) is 5.69 Å². The van der Waals surface area contributed by atoms with Gasteiger partial charge in [-0.3, -0.25) is 4.98 Å². The molecule has 0 spiro atoms. The molecule has 0 saturated heterocycles. The molecule has 50 valence electrons. The Morgan fingerprint density at radius 1 is 1.40 bits per heavy atom. The van der Waals surface area contributed by atoms with Gasteiger partial charge in [-0.05, 0) is 19.1 Å². The van der Waals surface area contributed by atoms with Crippen molar-refractivity contribution in [3.63, 3.8) is 0 Å². The van der Waals surface area contributed by atoms with Crippen molar-refractivity contribution < 1.29 is 0 Å². The lowest BCUT2D eigenvalue weighted by atomic mass is 10.5. The molecule has 2 aromatic heterocycles. The molecule has 0 atom stereocenters. The highest BCUT2D eigenvalue weighted by atomic mass is 14.9. The highest BCUT2D eigenvalue weighted by Gasteiger charge is 1.92. The van der Waals surface area contributed by atoms with Gasteiger partial charge in [-0.1, -0.05) is 0 Å². The van der Waals surface area contributed by atoms with Crippen LogP contribution in [0, 0.1) is 6.92 Å². The molecule has 2 nitrogen and oxygen atoms in total. The molecule has 0 radical (unpaired) electrons. The summed E-state index contributed by atoms with van der Waals surface area (Å²) in [6.45, 7) is 2.08. The first-order chi connectivity index (χ1) is 4.88. The number of hydrogen-bond donors (Lipinski definition) is 0. The summed E-state index contributed by atoms with van der Waals surface area (Å²) in [5.74, 6) is 0. The number of aromatic nitrogens is 2. The van der Waals surface area contributed by atoms with Crippen molar-refractivity contribution in [2.75, 3.05) is 0 Å². The lowest BCUT2D eigenvalue weighted by molar-refractivity contribution is 1.08. The standard InChI is InChI=1S/C8H8N2/c1-7-2-3-8-6-9-4-5-10(7)8/h2-6H,1H3. The Labute approximate surface area is 59.1 Å². The van der Waals surface area contributed by atoms with E-state index in [0.29, 0.717) is 0 Å². The molecule has 2 heterocycles. The minimum Gasteiger partial charge on any atom is -0.318 e. The van der Waals surface area contributed by atoms with Gasteiger partial charge in [-0.15, -0.1) is 0 Å². The van der Waals surface area contributed by atoms with Gasteiger partial charge in [0.15, 0.2) is 0 Å². The number of nitrogens with zero attached hydrogens (tertiary/aromatic N) is 2. The van der Waals surface area contributed by atoms with Crippen molar-refractivity contribution >= 4 is 5.52 Å². The molecule has 0 aliphatic heterocycles. The van der Waals surface area contributed by atoms with E-state index in [0.717, 1.165) is 5.52 Å². The van der Waals surface area contributed by atoms with Crippen LogP contribution in [0.5, 0.6) is 0 Å². The lowest BCUT2D eigenvalue weighted by Crippen LogP contribution is -1.84. The minimum atomic E-state index is 1.15. The van der Waals surface area contributed by atoms with Crippen LogP contribution in [-0.4, -0.2) is 9.38 Å². The van der Waals surface area contributed by atoms with Gasteiger partial charge in [0.2, 0.25) is 0 Å². The second-order valence-corrected chi connectivity index (χ2v) is 2.35. The third kappa shape index (κ3) is 0.620. The number of fused-ring (bicyclic) bond motifs is 1. The van der Waals surface area contributed by atoms with E-state index in [1.165, 1.54) is 5.69 Å². The van der Waals surface area contributed by atoms with Crippen molar-refractivity contribution in [3.8, 4) is 0 Å². The molecule has 0 saturated carbocycles. The predicted molar refractivity (Wildman–Crippen MR) is 39.9 cm³/mol. The summed E-state index contributed by atoms with van der Waals surface area (Å²) in [5.41, 5.74) is 2.40. The Balaban J connectivity index is 2.93. The summed E-state index contributed by atoms with van der Waals surface area (Å²) in [5, 5.41) is 0. The van der Waals surface area contributed by atoms with Gasteiger partial charge in [0, 0.05) is 18.1 Å². The molecular formula is C8H8N2. The highest BCUT2D eigenvalue weighted by Crippen LogP contribution is 2.05. The third-order valence-electron chi connectivity index (χ3n) is 1.66. The van der Waals surface area contributed by atoms with E-state index < -0.39 is 0 Å². The molecule has 0 unspecified atom stereocenters. The second-order valence-electron chi connectivity index (χ2n) is 2.35. The average Bonchev–Trinajstić information content (AvgIpc) is 2.34. The topological polar surface area (TPSA) is 17.3 Å². The number of aryl methyl sites for hydroxylation is 1. The quantitative estimate of drug-likeness (QED) is 0.532. The Morgan fingerprint density at radius 2 is 2.30 bits per heavy atom. The van der Waals surface area contributed by atoms with Crippen LogP contribution >= 0.6 is 0 Å². The molecule has 0 amide bonds. The van der Waals surface area contributed by atoms with E-state index in [1.807, 2.05) is 12.4 Å². The Hall–Kier alpha value is -1.31. The Morgan fingerprint density at radius 3 is 3.10 bits per heavy atom. The second kappa shape index (κ2) is 1.84. The molecule has 2 heteroatoms. The zero-order valence-electron chi connectivity index (χ0n) is 5.78. The summed E-state index contributed by atoms with van der Waals surface area (Å²) in [6, 6.07) is 4.14. The molecule has 0 N–H and O–H groups in total. The smallest absolute Gasteiger partial charge is 0.0636 e. The lowest BCUT2D eigenvalue weighted by Gasteiger charge is -1.93. The van der Waals surface area contributed by atoms with Crippen LogP contribution in [0.25, 0.3) is 5.52 Å². The summed E-state index contributed by atoms with van der Waals surface area (Å²) >= 11 is 0. The maximum atomic E-state index is 4.01. The van der Waals surface area contributed by atoms with Gasteiger partial charge in [-0.2, -0.15) is 0 Å². The van der Waals surface area contributed by atoms with E-state index in [4.69, 9.17) is 0 Å². The molecule has 0 bridgehead atoms. The normalized spacial score (nSPS) is 10.5.